The Balaban J connectivity index is 1.27. The molecule has 214 valence electrons. The average Bonchev–Trinajstić information content (AvgIpc) is 3.41. The summed E-state index contributed by atoms with van der Waals surface area (Å²) < 4.78 is 54.8. The maximum absolute atomic E-state index is 13.9. The molecule has 3 atom stereocenters. The summed E-state index contributed by atoms with van der Waals surface area (Å²) in [5, 5.41) is 12.6. The fraction of sp³-hybridized carbons (Fsp3) is 0.500. The Morgan fingerprint density at radius 3 is 2.42 bits per heavy atom. The lowest BCUT2D eigenvalue weighted by Gasteiger charge is -2.40. The second-order valence-corrected chi connectivity index (χ2v) is 11.8. The topological polar surface area (TPSA) is 113 Å². The highest BCUT2D eigenvalue weighted by molar-refractivity contribution is 9.10. The lowest BCUT2D eigenvalue weighted by molar-refractivity contribution is -0.286. The number of carbonyl (C=O) groups is 2. The van der Waals surface area contributed by atoms with Crippen LogP contribution in [0.5, 0.6) is 28.7 Å². The number of benzene rings is 2. The van der Waals surface area contributed by atoms with Gasteiger partial charge in [-0.15, -0.1) is 8.78 Å². The van der Waals surface area contributed by atoms with Gasteiger partial charge in [-0.05, 0) is 66.6 Å². The number of hydrogen-bond acceptors (Lipinski definition) is 7. The summed E-state index contributed by atoms with van der Waals surface area (Å²) in [5.41, 5.74) is 0.0179. The minimum Gasteiger partial charge on any atom is -0.495 e. The van der Waals surface area contributed by atoms with Crippen LogP contribution in [-0.2, 0) is 15.0 Å². The molecule has 0 radical (unpaired) electrons. The highest BCUT2D eigenvalue weighted by atomic mass is 79.9. The van der Waals surface area contributed by atoms with Crippen molar-refractivity contribution in [3.05, 3.63) is 39.9 Å². The maximum Gasteiger partial charge on any atom is 0.586 e. The lowest BCUT2D eigenvalue weighted by atomic mass is 9.76. The third-order valence-corrected chi connectivity index (χ3v) is 9.09. The summed E-state index contributed by atoms with van der Waals surface area (Å²) in [6.45, 7) is 1.71. The van der Waals surface area contributed by atoms with Crippen LogP contribution >= 0.6 is 15.9 Å². The van der Waals surface area contributed by atoms with Gasteiger partial charge >= 0.3 is 12.3 Å². The smallest absolute Gasteiger partial charge is 0.495 e. The average molecular weight is 624 g/mol. The molecule has 0 aromatic heterocycles. The highest BCUT2D eigenvalue weighted by Gasteiger charge is 2.49. The van der Waals surface area contributed by atoms with Gasteiger partial charge in [-0.25, -0.2) is 0 Å². The van der Waals surface area contributed by atoms with Gasteiger partial charge < -0.3 is 34.1 Å². The molecular weight excluding hydrogens is 596 g/mol. The Hall–Kier alpha value is -3.28. The zero-order valence-corrected chi connectivity index (χ0v) is 23.4. The van der Waals surface area contributed by atoms with E-state index in [0.717, 1.165) is 5.56 Å². The molecule has 3 heterocycles. The van der Waals surface area contributed by atoms with Crippen LogP contribution in [0.2, 0.25) is 0 Å². The number of methoxy groups -OCH3 is 1. The van der Waals surface area contributed by atoms with E-state index in [2.05, 4.69) is 30.7 Å². The third kappa shape index (κ3) is 4.59. The number of rotatable bonds is 5. The molecule has 0 unspecified atom stereocenters. The van der Waals surface area contributed by atoms with Crippen molar-refractivity contribution in [3.63, 3.8) is 0 Å². The highest BCUT2D eigenvalue weighted by Crippen LogP contribution is 2.51. The van der Waals surface area contributed by atoms with E-state index < -0.39 is 23.7 Å². The monoisotopic (exact) mass is 623 g/mol. The van der Waals surface area contributed by atoms with Gasteiger partial charge in [0.1, 0.15) is 35.4 Å². The van der Waals surface area contributed by atoms with Crippen molar-refractivity contribution in [1.29, 1.82) is 0 Å². The van der Waals surface area contributed by atoms with Crippen molar-refractivity contribution in [1.82, 2.24) is 5.32 Å². The first kappa shape index (κ1) is 26.9. The summed E-state index contributed by atoms with van der Waals surface area (Å²) in [4.78, 5) is 25.3. The number of halogens is 3. The quantitative estimate of drug-likeness (QED) is 0.460. The largest absolute Gasteiger partial charge is 0.586 e. The Morgan fingerprint density at radius 1 is 1.05 bits per heavy atom. The Morgan fingerprint density at radius 2 is 1.75 bits per heavy atom. The van der Waals surface area contributed by atoms with E-state index >= 15 is 0 Å². The number of carboxylic acid groups (broad SMARTS) is 1. The number of nitrogens with one attached hydrogen (secondary N) is 1. The predicted octanol–water partition coefficient (Wildman–Crippen LogP) is 5.33. The minimum atomic E-state index is -3.78. The Labute approximate surface area is 237 Å². The van der Waals surface area contributed by atoms with Crippen molar-refractivity contribution < 1.29 is 47.2 Å². The number of aliphatic carboxylic acids is 1. The molecule has 1 aliphatic carbocycles. The summed E-state index contributed by atoms with van der Waals surface area (Å²) in [5.74, 6) is -0.184. The summed E-state index contributed by atoms with van der Waals surface area (Å²) in [6.07, 6.45) is -0.964. The molecule has 2 aromatic rings. The van der Waals surface area contributed by atoms with Gasteiger partial charge in [0.25, 0.3) is 0 Å². The lowest BCUT2D eigenvalue weighted by Crippen LogP contribution is -2.47. The van der Waals surface area contributed by atoms with Crippen LogP contribution in [0.25, 0.3) is 0 Å². The second kappa shape index (κ2) is 9.67. The number of ether oxygens (including phenoxy) is 5. The van der Waals surface area contributed by atoms with E-state index in [1.165, 1.54) is 12.1 Å². The fourth-order valence-corrected chi connectivity index (χ4v) is 6.67. The van der Waals surface area contributed by atoms with Crippen LogP contribution in [0.1, 0.15) is 56.2 Å². The molecular formula is C28H28BrF2NO8. The maximum atomic E-state index is 13.9. The molecule has 1 fully saturated rings. The van der Waals surface area contributed by atoms with Gasteiger partial charge in [0, 0.05) is 29.7 Å². The molecule has 0 spiro atoms. The van der Waals surface area contributed by atoms with Crippen LogP contribution in [-0.4, -0.2) is 43.1 Å². The molecule has 12 heteroatoms. The molecule has 4 aliphatic rings. The van der Waals surface area contributed by atoms with E-state index in [4.69, 9.17) is 14.2 Å². The van der Waals surface area contributed by atoms with Gasteiger partial charge in [0.05, 0.1) is 23.5 Å². The van der Waals surface area contributed by atoms with Gasteiger partial charge in [0.15, 0.2) is 11.5 Å². The molecule has 1 saturated carbocycles. The first-order chi connectivity index (χ1) is 19.0. The van der Waals surface area contributed by atoms with E-state index in [1.54, 1.807) is 20.1 Å². The molecule has 6 rings (SSSR count). The number of alkyl halides is 2. The van der Waals surface area contributed by atoms with Gasteiger partial charge in [0.2, 0.25) is 5.91 Å². The van der Waals surface area contributed by atoms with E-state index in [9.17, 15) is 23.5 Å². The number of amides is 1. The van der Waals surface area contributed by atoms with Gasteiger partial charge in [-0.2, -0.15) is 0 Å². The summed E-state index contributed by atoms with van der Waals surface area (Å²) in [7, 11) is 1.55. The predicted molar refractivity (Wildman–Crippen MR) is 139 cm³/mol. The molecule has 1 amide bonds. The number of carbonyl (C=O) groups excluding carboxylic acids is 1. The van der Waals surface area contributed by atoms with E-state index in [-0.39, 0.29) is 47.7 Å². The summed E-state index contributed by atoms with van der Waals surface area (Å²) in [6, 6.07) is 5.91. The van der Waals surface area contributed by atoms with Crippen molar-refractivity contribution in [2.75, 3.05) is 13.7 Å². The molecule has 2 N–H and O–H groups in total. The SMILES string of the molecule is COc1cc2c(cc1Br)[C@H](NC(=O)[C@@]1(C)COc3cc4c(cc31)OC(F)(F)O4)C[C@H]([C@H]1CC[C@H](C(=O)O)CC1)O2. The molecule has 9 nitrogen and oxygen atoms in total. The normalized spacial score (nSPS) is 29.4. The van der Waals surface area contributed by atoms with E-state index in [1.807, 2.05) is 6.07 Å². The number of carboxylic acids is 1. The molecule has 40 heavy (non-hydrogen) atoms. The third-order valence-electron chi connectivity index (χ3n) is 8.47. The van der Waals surface area contributed by atoms with Gasteiger partial charge in [-0.3, -0.25) is 9.59 Å². The fourth-order valence-electron chi connectivity index (χ4n) is 6.15. The minimum absolute atomic E-state index is 0.0124. The van der Waals surface area contributed by atoms with Crippen molar-refractivity contribution >= 4 is 27.8 Å². The van der Waals surface area contributed by atoms with Crippen molar-refractivity contribution in [2.45, 2.75) is 62.9 Å². The standard InChI is InChI=1S/C28H28BrF2NO8/c1-27(12-37-21-11-24-23(8-16(21)27)39-28(30,31)40-24)26(35)32-18-9-19(13-3-5-14(6-4-13)25(33)34)38-20-10-22(36-2)17(29)7-15(18)20/h7-8,10-11,13-14,18-19H,3-6,9,12H2,1-2H3,(H,32,35)(H,33,34)/t13-,14-,18-,19-,27+/m1/s1. The van der Waals surface area contributed by atoms with Crippen LogP contribution < -0.4 is 29.0 Å². The molecule has 3 aliphatic heterocycles. The van der Waals surface area contributed by atoms with Crippen molar-refractivity contribution in [3.8, 4) is 28.7 Å². The first-order valence-corrected chi connectivity index (χ1v) is 13.9. The molecule has 0 saturated heterocycles. The number of hydrogen-bond donors (Lipinski definition) is 2. The van der Waals surface area contributed by atoms with Crippen LogP contribution in [0.4, 0.5) is 8.78 Å². The summed E-state index contributed by atoms with van der Waals surface area (Å²) >= 11 is 3.52. The number of fused-ring (bicyclic) bond motifs is 3. The zero-order valence-electron chi connectivity index (χ0n) is 21.8. The van der Waals surface area contributed by atoms with Crippen LogP contribution in [0.3, 0.4) is 0 Å². The van der Waals surface area contributed by atoms with E-state index in [0.29, 0.717) is 53.6 Å². The Bertz CT molecular complexity index is 1380. The molecule has 0 bridgehead atoms. The van der Waals surface area contributed by atoms with Gasteiger partial charge in [-0.1, -0.05) is 0 Å². The van der Waals surface area contributed by atoms with Crippen LogP contribution in [0.15, 0.2) is 28.7 Å². The second-order valence-electron chi connectivity index (χ2n) is 11.0. The van der Waals surface area contributed by atoms with Crippen molar-refractivity contribution in [2.24, 2.45) is 11.8 Å². The Kier molecular flexibility index (Phi) is 6.51. The first-order valence-electron chi connectivity index (χ1n) is 13.1. The van der Waals surface area contributed by atoms with Crippen LogP contribution in [0, 0.1) is 11.8 Å². The zero-order chi connectivity index (χ0) is 28.4. The molecule has 2 aromatic carbocycles.